The van der Waals surface area contributed by atoms with Crippen molar-refractivity contribution in [2.24, 2.45) is 0 Å². The number of rotatable bonds is 5. The minimum Gasteiger partial charge on any atom is -0.390 e. The summed E-state index contributed by atoms with van der Waals surface area (Å²) in [6.07, 6.45) is -0.830. The van der Waals surface area contributed by atoms with Crippen LogP contribution in [-0.4, -0.2) is 54.5 Å². The zero-order valence-electron chi connectivity index (χ0n) is 12.8. The van der Waals surface area contributed by atoms with E-state index < -0.39 is 15.9 Å². The average molecular weight is 326 g/mol. The molecule has 6 nitrogen and oxygen atoms in total. The predicted molar refractivity (Wildman–Crippen MR) is 85.3 cm³/mol. The number of nitrogens with zero attached hydrogens (tertiary/aromatic N) is 1. The second-order valence-electron chi connectivity index (χ2n) is 5.65. The number of aliphatic hydroxyl groups is 1. The van der Waals surface area contributed by atoms with Gasteiger partial charge in [0.15, 0.2) is 9.84 Å². The Hall–Kier alpha value is -1.44. The van der Waals surface area contributed by atoms with Gasteiger partial charge in [0.05, 0.1) is 23.7 Å². The molecule has 1 saturated heterocycles. The fraction of sp³-hybridized carbons (Fsp3) is 0.533. The van der Waals surface area contributed by atoms with Gasteiger partial charge in [0.25, 0.3) is 0 Å². The summed E-state index contributed by atoms with van der Waals surface area (Å²) in [6.45, 7) is 4.62. The monoisotopic (exact) mass is 326 g/mol. The lowest BCUT2D eigenvalue weighted by molar-refractivity contribution is -0.114. The highest BCUT2D eigenvalue weighted by Crippen LogP contribution is 2.21. The van der Waals surface area contributed by atoms with Gasteiger partial charge in [0, 0.05) is 19.2 Å². The Morgan fingerprint density at radius 1 is 1.32 bits per heavy atom. The number of likely N-dealkylation sites (N-methyl/N-ethyl adjacent to an activating group) is 1. The predicted octanol–water partition coefficient (Wildman–Crippen LogP) is 0.625. The van der Waals surface area contributed by atoms with Crippen LogP contribution in [0, 0.1) is 0 Å². The number of aliphatic hydroxyl groups excluding tert-OH is 1. The highest BCUT2D eigenvalue weighted by molar-refractivity contribution is 7.91. The summed E-state index contributed by atoms with van der Waals surface area (Å²) in [6, 6.07) is 7.05. The van der Waals surface area contributed by atoms with Crippen LogP contribution in [0.5, 0.6) is 0 Å². The molecule has 1 aliphatic rings. The number of hydrogen-bond donors (Lipinski definition) is 2. The fourth-order valence-corrected chi connectivity index (χ4v) is 4.59. The van der Waals surface area contributed by atoms with Crippen molar-refractivity contribution in [2.75, 3.05) is 23.4 Å². The van der Waals surface area contributed by atoms with Gasteiger partial charge in [-0.15, -0.1) is 0 Å². The number of amides is 1. The molecule has 2 N–H and O–H groups in total. The molecule has 0 spiro atoms. The number of sulfone groups is 1. The van der Waals surface area contributed by atoms with Crippen molar-refractivity contribution in [1.29, 1.82) is 0 Å². The quantitative estimate of drug-likeness (QED) is 0.828. The molecule has 0 bridgehead atoms. The van der Waals surface area contributed by atoms with E-state index in [-0.39, 0.29) is 23.5 Å². The van der Waals surface area contributed by atoms with Crippen molar-refractivity contribution < 1.29 is 18.3 Å². The molecule has 0 radical (unpaired) electrons. The zero-order valence-corrected chi connectivity index (χ0v) is 13.6. The van der Waals surface area contributed by atoms with Crippen LogP contribution >= 0.6 is 0 Å². The summed E-state index contributed by atoms with van der Waals surface area (Å²) in [4.78, 5) is 13.0. The van der Waals surface area contributed by atoms with Gasteiger partial charge in [-0.3, -0.25) is 9.69 Å². The molecule has 0 saturated carbocycles. The number of benzene rings is 1. The van der Waals surface area contributed by atoms with E-state index in [0.29, 0.717) is 13.1 Å². The van der Waals surface area contributed by atoms with Crippen LogP contribution in [0.15, 0.2) is 24.3 Å². The summed E-state index contributed by atoms with van der Waals surface area (Å²) in [5.74, 6) is -0.274. The van der Waals surface area contributed by atoms with E-state index in [2.05, 4.69) is 5.32 Å². The smallest absolute Gasteiger partial charge is 0.221 e. The van der Waals surface area contributed by atoms with Crippen LogP contribution in [0.25, 0.3) is 0 Å². The van der Waals surface area contributed by atoms with E-state index in [0.717, 1.165) is 11.3 Å². The van der Waals surface area contributed by atoms with E-state index in [1.54, 1.807) is 0 Å². The number of carbonyl (C=O) groups is 1. The van der Waals surface area contributed by atoms with E-state index in [1.807, 2.05) is 36.1 Å². The molecule has 1 amide bonds. The Morgan fingerprint density at radius 3 is 2.41 bits per heavy atom. The lowest BCUT2D eigenvalue weighted by Crippen LogP contribution is -2.42. The van der Waals surface area contributed by atoms with Crippen LogP contribution in [0.4, 0.5) is 5.69 Å². The maximum atomic E-state index is 11.6. The van der Waals surface area contributed by atoms with Crippen LogP contribution in [0.2, 0.25) is 0 Å². The summed E-state index contributed by atoms with van der Waals surface area (Å²) in [5.41, 5.74) is 1.73. The Bertz CT molecular complexity index is 627. The molecule has 1 aromatic rings. The molecular weight excluding hydrogens is 304 g/mol. The van der Waals surface area contributed by atoms with E-state index in [9.17, 15) is 18.3 Å². The van der Waals surface area contributed by atoms with Gasteiger partial charge in [0.1, 0.15) is 0 Å². The topological polar surface area (TPSA) is 86.7 Å². The Balaban J connectivity index is 2.06. The lowest BCUT2D eigenvalue weighted by Gasteiger charge is -2.28. The van der Waals surface area contributed by atoms with Gasteiger partial charge in [-0.05, 0) is 24.2 Å². The fourth-order valence-electron chi connectivity index (χ4n) is 2.75. The minimum atomic E-state index is -3.15. The van der Waals surface area contributed by atoms with Gasteiger partial charge >= 0.3 is 0 Å². The van der Waals surface area contributed by atoms with E-state index in [4.69, 9.17) is 0 Å². The number of nitrogens with one attached hydrogen (secondary N) is 1. The van der Waals surface area contributed by atoms with Crippen molar-refractivity contribution in [2.45, 2.75) is 32.5 Å². The normalized spacial score (nSPS) is 23.6. The number of anilines is 1. The van der Waals surface area contributed by atoms with Crippen molar-refractivity contribution >= 4 is 21.4 Å². The molecule has 2 rings (SSSR count). The van der Waals surface area contributed by atoms with Gasteiger partial charge in [-0.1, -0.05) is 19.1 Å². The molecule has 22 heavy (non-hydrogen) atoms. The lowest BCUT2D eigenvalue weighted by atomic mass is 10.1. The molecule has 1 heterocycles. The highest BCUT2D eigenvalue weighted by Gasteiger charge is 2.39. The minimum absolute atomic E-state index is 0.00593. The average Bonchev–Trinajstić information content (AvgIpc) is 2.70. The van der Waals surface area contributed by atoms with Crippen LogP contribution in [-0.2, 0) is 21.2 Å². The van der Waals surface area contributed by atoms with Gasteiger partial charge in [-0.25, -0.2) is 8.42 Å². The van der Waals surface area contributed by atoms with E-state index in [1.165, 1.54) is 6.92 Å². The molecule has 0 aromatic heterocycles. The third-order valence-electron chi connectivity index (χ3n) is 3.83. The maximum absolute atomic E-state index is 11.6. The van der Waals surface area contributed by atoms with Crippen molar-refractivity contribution in [3.8, 4) is 0 Å². The first-order valence-corrected chi connectivity index (χ1v) is 9.12. The molecular formula is C15H22N2O4S. The first-order valence-electron chi connectivity index (χ1n) is 7.30. The van der Waals surface area contributed by atoms with Crippen molar-refractivity contribution in [3.63, 3.8) is 0 Å². The second-order valence-corrected chi connectivity index (χ2v) is 7.81. The largest absolute Gasteiger partial charge is 0.390 e. The molecule has 0 aliphatic carbocycles. The van der Waals surface area contributed by atoms with Gasteiger partial charge < -0.3 is 10.4 Å². The molecule has 2 atom stereocenters. The summed E-state index contributed by atoms with van der Waals surface area (Å²) in [5, 5.41) is 12.7. The molecule has 122 valence electrons. The number of carbonyl (C=O) groups excluding carboxylic acids is 1. The summed E-state index contributed by atoms with van der Waals surface area (Å²) < 4.78 is 23.3. The molecule has 1 aromatic carbocycles. The molecule has 1 fully saturated rings. The highest BCUT2D eigenvalue weighted by atomic mass is 32.2. The number of hydrogen-bond acceptors (Lipinski definition) is 5. The first-order chi connectivity index (χ1) is 10.3. The maximum Gasteiger partial charge on any atom is 0.221 e. The third-order valence-corrected chi connectivity index (χ3v) is 5.53. The second kappa shape index (κ2) is 6.76. The molecule has 1 aliphatic heterocycles. The van der Waals surface area contributed by atoms with Gasteiger partial charge in [0.2, 0.25) is 5.91 Å². The Labute approximate surface area is 131 Å². The summed E-state index contributed by atoms with van der Waals surface area (Å²) in [7, 11) is -3.15. The first kappa shape index (κ1) is 16.9. The van der Waals surface area contributed by atoms with Gasteiger partial charge in [-0.2, -0.15) is 0 Å². The zero-order chi connectivity index (χ0) is 16.3. The van der Waals surface area contributed by atoms with Crippen molar-refractivity contribution in [1.82, 2.24) is 4.90 Å². The Kier molecular flexibility index (Phi) is 5.20. The van der Waals surface area contributed by atoms with Crippen LogP contribution in [0.3, 0.4) is 0 Å². The molecule has 0 unspecified atom stereocenters. The van der Waals surface area contributed by atoms with Crippen LogP contribution in [0.1, 0.15) is 19.4 Å². The SMILES string of the molecule is CCN(Cc1ccc(NC(C)=O)cc1)[C@@H]1CS(=O)(=O)C[C@H]1O. The van der Waals surface area contributed by atoms with E-state index >= 15 is 0 Å². The van der Waals surface area contributed by atoms with Crippen molar-refractivity contribution in [3.05, 3.63) is 29.8 Å². The summed E-state index contributed by atoms with van der Waals surface area (Å²) >= 11 is 0. The Morgan fingerprint density at radius 2 is 1.95 bits per heavy atom. The third kappa shape index (κ3) is 4.28. The molecule has 7 heteroatoms. The standard InChI is InChI=1S/C15H22N2O4S/c1-3-17(14-9-22(20,21)10-15(14)19)8-12-4-6-13(7-5-12)16-11(2)18/h4-7,14-15,19H,3,8-10H2,1-2H3,(H,16,18)/t14-,15-/m1/s1. The van der Waals surface area contributed by atoms with Crippen LogP contribution < -0.4 is 5.32 Å².